The van der Waals surface area contributed by atoms with E-state index < -0.39 is 22.5 Å². The second kappa shape index (κ2) is 15.1. The molecule has 0 aliphatic rings. The number of amides is 1. The first-order valence-corrected chi connectivity index (χ1v) is 15.3. The smallest absolute Gasteiger partial charge is 0.264 e. The van der Waals surface area contributed by atoms with Gasteiger partial charge in [-0.2, -0.15) is 5.10 Å². The summed E-state index contributed by atoms with van der Waals surface area (Å²) in [7, 11) is -1.27. The summed E-state index contributed by atoms with van der Waals surface area (Å²) in [5.41, 5.74) is 4.14. The number of ether oxygens (including phenoxy) is 4. The highest BCUT2D eigenvalue weighted by Crippen LogP contribution is 2.35. The van der Waals surface area contributed by atoms with Crippen LogP contribution >= 0.6 is 11.6 Å². The molecule has 1 amide bonds. The molecule has 0 unspecified atom stereocenters. The fraction of sp³-hybridized carbons (Fsp3) is 0.188. The summed E-state index contributed by atoms with van der Waals surface area (Å²) < 4.78 is 50.6. The number of rotatable bonds is 14. The minimum atomic E-state index is -4.16. The van der Waals surface area contributed by atoms with E-state index in [0.29, 0.717) is 41.0 Å². The van der Waals surface area contributed by atoms with Gasteiger partial charge in [0.25, 0.3) is 15.9 Å². The molecule has 0 saturated carbocycles. The van der Waals surface area contributed by atoms with Crippen LogP contribution in [0.1, 0.15) is 18.1 Å². The standard InChI is InChI=1S/C32H32ClN3O7S/c1-4-42-31-18-24(12-17-29(31)43-22-23-10-13-25(33)14-11-23)20-34-35-32(37)21-36(44(38,39)27-8-6-5-7-9-27)28-16-15-26(40-2)19-30(28)41-3/h5-20H,4,21-22H2,1-3H3,(H,35,37)/b34-20-. The number of halogens is 1. The Morgan fingerprint density at radius 3 is 2.32 bits per heavy atom. The molecule has 0 saturated heterocycles. The van der Waals surface area contributed by atoms with Crippen LogP contribution < -0.4 is 28.7 Å². The number of nitrogens with zero attached hydrogens (tertiary/aromatic N) is 2. The van der Waals surface area contributed by atoms with Crippen molar-refractivity contribution in [3.05, 3.63) is 107 Å². The van der Waals surface area contributed by atoms with Crippen molar-refractivity contribution >= 4 is 39.4 Å². The molecule has 4 rings (SSSR count). The van der Waals surface area contributed by atoms with Crippen molar-refractivity contribution in [1.82, 2.24) is 5.43 Å². The highest BCUT2D eigenvalue weighted by molar-refractivity contribution is 7.92. The lowest BCUT2D eigenvalue weighted by molar-refractivity contribution is -0.119. The monoisotopic (exact) mass is 637 g/mol. The van der Waals surface area contributed by atoms with Gasteiger partial charge in [0.05, 0.1) is 37.6 Å². The van der Waals surface area contributed by atoms with Crippen LogP contribution in [0.4, 0.5) is 5.69 Å². The molecule has 0 atom stereocenters. The Bertz CT molecular complexity index is 1700. The molecule has 1 N–H and O–H groups in total. The number of benzene rings is 4. The number of carbonyl (C=O) groups excluding carboxylic acids is 1. The molecule has 0 aliphatic heterocycles. The maximum absolute atomic E-state index is 13.7. The van der Waals surface area contributed by atoms with E-state index in [2.05, 4.69) is 10.5 Å². The quantitative estimate of drug-likeness (QED) is 0.140. The summed E-state index contributed by atoms with van der Waals surface area (Å²) in [5.74, 6) is 1.04. The third-order valence-electron chi connectivity index (χ3n) is 6.25. The minimum absolute atomic E-state index is 0.0102. The third kappa shape index (κ3) is 8.21. The zero-order valence-electron chi connectivity index (χ0n) is 24.4. The van der Waals surface area contributed by atoms with Crippen LogP contribution in [0.15, 0.2) is 101 Å². The van der Waals surface area contributed by atoms with Gasteiger partial charge in [0.2, 0.25) is 0 Å². The Balaban J connectivity index is 1.51. The number of methoxy groups -OCH3 is 2. The highest BCUT2D eigenvalue weighted by Gasteiger charge is 2.29. The molecule has 0 radical (unpaired) electrons. The second-order valence-corrected chi connectivity index (χ2v) is 11.5. The van der Waals surface area contributed by atoms with Gasteiger partial charge < -0.3 is 18.9 Å². The number of hydrogen-bond acceptors (Lipinski definition) is 8. The van der Waals surface area contributed by atoms with Crippen LogP contribution in [0.2, 0.25) is 5.02 Å². The minimum Gasteiger partial charge on any atom is -0.497 e. The molecular formula is C32H32ClN3O7S. The number of hydrazone groups is 1. The average Bonchev–Trinajstić information content (AvgIpc) is 3.04. The SMILES string of the molecule is CCOc1cc(/C=N\NC(=O)CN(c2ccc(OC)cc2OC)S(=O)(=O)c2ccccc2)ccc1OCc1ccc(Cl)cc1. The second-order valence-electron chi connectivity index (χ2n) is 9.21. The molecule has 44 heavy (non-hydrogen) atoms. The largest absolute Gasteiger partial charge is 0.497 e. The maximum atomic E-state index is 13.7. The first-order chi connectivity index (χ1) is 21.2. The summed E-state index contributed by atoms with van der Waals surface area (Å²) >= 11 is 5.96. The number of hydrogen-bond donors (Lipinski definition) is 1. The summed E-state index contributed by atoms with van der Waals surface area (Å²) in [5, 5.41) is 4.68. The Kier molecular flexibility index (Phi) is 11.1. The van der Waals surface area contributed by atoms with Crippen molar-refractivity contribution < 1.29 is 32.2 Å². The van der Waals surface area contributed by atoms with E-state index in [1.807, 2.05) is 19.1 Å². The van der Waals surface area contributed by atoms with Crippen molar-refractivity contribution in [3.8, 4) is 23.0 Å². The number of carbonyl (C=O) groups is 1. The molecule has 0 aliphatic carbocycles. The van der Waals surface area contributed by atoms with Gasteiger partial charge in [-0.05, 0) is 72.6 Å². The number of anilines is 1. The lowest BCUT2D eigenvalue weighted by atomic mass is 10.2. The van der Waals surface area contributed by atoms with Crippen LogP contribution in [0.25, 0.3) is 0 Å². The van der Waals surface area contributed by atoms with Crippen molar-refractivity contribution in [3.63, 3.8) is 0 Å². The van der Waals surface area contributed by atoms with E-state index in [0.717, 1.165) is 9.87 Å². The van der Waals surface area contributed by atoms with E-state index in [4.69, 9.17) is 30.5 Å². The Hall–Kier alpha value is -4.74. The molecule has 4 aromatic carbocycles. The maximum Gasteiger partial charge on any atom is 0.264 e. The first-order valence-electron chi connectivity index (χ1n) is 13.5. The van der Waals surface area contributed by atoms with E-state index in [1.54, 1.807) is 54.6 Å². The number of nitrogens with one attached hydrogen (secondary N) is 1. The summed E-state index contributed by atoms with van der Waals surface area (Å²) in [4.78, 5) is 13.0. The zero-order chi connectivity index (χ0) is 31.5. The Morgan fingerprint density at radius 1 is 0.886 bits per heavy atom. The van der Waals surface area contributed by atoms with Crippen molar-refractivity contribution in [2.75, 3.05) is 31.7 Å². The third-order valence-corrected chi connectivity index (χ3v) is 8.28. The van der Waals surface area contributed by atoms with E-state index in [-0.39, 0.29) is 16.3 Å². The van der Waals surface area contributed by atoms with E-state index in [9.17, 15) is 13.2 Å². The predicted octanol–water partition coefficient (Wildman–Crippen LogP) is 5.68. The lowest BCUT2D eigenvalue weighted by Crippen LogP contribution is -2.39. The first kappa shape index (κ1) is 32.2. The highest BCUT2D eigenvalue weighted by atomic mass is 35.5. The van der Waals surface area contributed by atoms with Crippen LogP contribution in [0.3, 0.4) is 0 Å². The molecule has 0 heterocycles. The summed E-state index contributed by atoms with van der Waals surface area (Å²) in [6.45, 7) is 2.02. The van der Waals surface area contributed by atoms with Gasteiger partial charge in [0.15, 0.2) is 11.5 Å². The summed E-state index contributed by atoms with van der Waals surface area (Å²) in [6, 6.07) is 25.0. The molecule has 0 spiro atoms. The Morgan fingerprint density at radius 2 is 1.64 bits per heavy atom. The predicted molar refractivity (Wildman–Crippen MR) is 170 cm³/mol. The molecule has 230 valence electrons. The van der Waals surface area contributed by atoms with Gasteiger partial charge >= 0.3 is 0 Å². The molecule has 12 heteroatoms. The van der Waals surface area contributed by atoms with Crippen LogP contribution in [0, 0.1) is 0 Å². The fourth-order valence-electron chi connectivity index (χ4n) is 4.09. The van der Waals surface area contributed by atoms with Gasteiger partial charge in [-0.15, -0.1) is 0 Å². The zero-order valence-corrected chi connectivity index (χ0v) is 26.0. The van der Waals surface area contributed by atoms with Crippen LogP contribution in [-0.2, 0) is 21.4 Å². The lowest BCUT2D eigenvalue weighted by Gasteiger charge is -2.25. The van der Waals surface area contributed by atoms with E-state index in [1.165, 1.54) is 44.7 Å². The van der Waals surface area contributed by atoms with Gasteiger partial charge in [0.1, 0.15) is 24.7 Å². The molecule has 0 aromatic heterocycles. The van der Waals surface area contributed by atoms with Gasteiger partial charge in [-0.1, -0.05) is 41.9 Å². The molecular weight excluding hydrogens is 606 g/mol. The van der Waals surface area contributed by atoms with Gasteiger partial charge in [-0.25, -0.2) is 13.8 Å². The van der Waals surface area contributed by atoms with Crippen molar-refractivity contribution in [2.24, 2.45) is 5.10 Å². The molecule has 10 nitrogen and oxygen atoms in total. The van der Waals surface area contributed by atoms with E-state index >= 15 is 0 Å². The normalized spacial score (nSPS) is 11.2. The molecule has 0 fully saturated rings. The summed E-state index contributed by atoms with van der Waals surface area (Å²) in [6.07, 6.45) is 1.42. The topological polar surface area (TPSA) is 116 Å². The fourth-order valence-corrected chi connectivity index (χ4v) is 5.67. The van der Waals surface area contributed by atoms with Crippen molar-refractivity contribution in [2.45, 2.75) is 18.4 Å². The van der Waals surface area contributed by atoms with Gasteiger partial charge in [-0.3, -0.25) is 9.10 Å². The molecule has 4 aromatic rings. The van der Waals surface area contributed by atoms with Gasteiger partial charge in [0, 0.05) is 11.1 Å². The number of sulfonamides is 1. The average molecular weight is 638 g/mol. The van der Waals surface area contributed by atoms with Crippen LogP contribution in [-0.4, -0.2) is 47.9 Å². The Labute approximate surface area is 261 Å². The van der Waals surface area contributed by atoms with Crippen LogP contribution in [0.5, 0.6) is 23.0 Å². The van der Waals surface area contributed by atoms with Crippen molar-refractivity contribution in [1.29, 1.82) is 0 Å². The molecule has 0 bridgehead atoms.